The summed E-state index contributed by atoms with van der Waals surface area (Å²) in [5.41, 5.74) is 0.471. The maximum absolute atomic E-state index is 12.5. The number of esters is 1. The van der Waals surface area contributed by atoms with Crippen LogP contribution in [0.15, 0.2) is 30.3 Å². The van der Waals surface area contributed by atoms with Crippen LogP contribution in [0.4, 0.5) is 0 Å². The third-order valence-corrected chi connectivity index (χ3v) is 4.86. The number of hydrogen-bond acceptors (Lipinski definition) is 4. The van der Waals surface area contributed by atoms with E-state index in [1.54, 1.807) is 24.3 Å². The van der Waals surface area contributed by atoms with E-state index in [4.69, 9.17) is 6.11 Å². The molecule has 0 aliphatic carbocycles. The Morgan fingerprint density at radius 2 is 2.00 bits per heavy atom. The van der Waals surface area contributed by atoms with Crippen LogP contribution in [-0.2, 0) is 9.53 Å². The molecule has 1 N–H and O–H groups in total. The molecule has 3 rings (SSSR count). The summed E-state index contributed by atoms with van der Waals surface area (Å²) in [6.45, 7) is -0.574. The molecule has 3 unspecified atom stereocenters. The highest BCUT2D eigenvalue weighted by Gasteiger charge is 2.40. The predicted octanol–water partition coefficient (Wildman–Crippen LogP) is 1.93. The zero-order valence-electron chi connectivity index (χ0n) is 13.4. The van der Waals surface area contributed by atoms with E-state index in [2.05, 4.69) is 11.9 Å². The van der Waals surface area contributed by atoms with Gasteiger partial charge in [-0.2, -0.15) is 0 Å². The normalized spacial score (nSPS) is 32.3. The average Bonchev–Trinajstić information content (AvgIpc) is 2.76. The number of hydrogen-bond donors (Lipinski definition) is 1. The molecule has 4 heteroatoms. The molecule has 2 bridgehead atoms. The van der Waals surface area contributed by atoms with E-state index in [1.165, 1.54) is 0 Å². The highest BCUT2D eigenvalue weighted by molar-refractivity contribution is 5.78. The smallest absolute Gasteiger partial charge is 0.316 e. The van der Waals surface area contributed by atoms with E-state index in [0.717, 1.165) is 25.7 Å². The van der Waals surface area contributed by atoms with Gasteiger partial charge in [-0.15, -0.1) is 0 Å². The van der Waals surface area contributed by atoms with Gasteiger partial charge in [-0.1, -0.05) is 30.3 Å². The second-order valence-corrected chi connectivity index (χ2v) is 6.05. The molecule has 2 saturated heterocycles. The largest absolute Gasteiger partial charge is 0.462 e. The summed E-state index contributed by atoms with van der Waals surface area (Å²) in [5.74, 6) is -2.38. The van der Waals surface area contributed by atoms with Crippen LogP contribution in [0.25, 0.3) is 0 Å². The number of aliphatic hydroxyl groups excluding tert-OH is 1. The molecule has 4 nitrogen and oxygen atoms in total. The third-order valence-electron chi connectivity index (χ3n) is 4.86. The van der Waals surface area contributed by atoms with Gasteiger partial charge < -0.3 is 14.7 Å². The fourth-order valence-electron chi connectivity index (χ4n) is 3.59. The molecule has 0 radical (unpaired) electrons. The predicted molar refractivity (Wildman–Crippen MR) is 80.0 cm³/mol. The summed E-state index contributed by atoms with van der Waals surface area (Å²) in [4.78, 5) is 14.9. The second-order valence-electron chi connectivity index (χ2n) is 6.05. The van der Waals surface area contributed by atoms with Crippen LogP contribution < -0.4 is 0 Å². The number of carbonyl (C=O) groups excluding carboxylic acids is 1. The van der Waals surface area contributed by atoms with E-state index in [-0.39, 0.29) is 6.10 Å². The molecule has 2 fully saturated rings. The summed E-state index contributed by atoms with van der Waals surface area (Å²) >= 11 is 0. The summed E-state index contributed by atoms with van der Waals surface area (Å²) in [7, 11) is 2.13. The lowest BCUT2D eigenvalue weighted by Gasteiger charge is -2.36. The van der Waals surface area contributed by atoms with E-state index in [9.17, 15) is 9.90 Å². The van der Waals surface area contributed by atoms with Crippen LogP contribution in [0.3, 0.4) is 0 Å². The Morgan fingerprint density at radius 1 is 1.38 bits per heavy atom. The molecule has 2 heterocycles. The lowest BCUT2D eigenvalue weighted by Crippen LogP contribution is -2.43. The molecular formula is C17H23NO3. The fourth-order valence-corrected chi connectivity index (χ4v) is 3.59. The minimum Gasteiger partial charge on any atom is -0.462 e. The summed E-state index contributed by atoms with van der Waals surface area (Å²) in [5, 5.41) is 9.60. The number of aliphatic hydroxyl groups is 1. The minimum absolute atomic E-state index is 0.138. The van der Waals surface area contributed by atoms with Gasteiger partial charge in [0, 0.05) is 13.5 Å². The number of ether oxygens (including phenoxy) is 1. The van der Waals surface area contributed by atoms with Gasteiger partial charge in [0.1, 0.15) is 12.0 Å². The fraction of sp³-hybridized carbons (Fsp3) is 0.588. The molecule has 2 aliphatic heterocycles. The Morgan fingerprint density at radius 3 is 2.57 bits per heavy atom. The highest BCUT2D eigenvalue weighted by atomic mass is 16.5. The van der Waals surface area contributed by atoms with Crippen molar-refractivity contribution in [3.05, 3.63) is 35.9 Å². The van der Waals surface area contributed by atoms with Crippen molar-refractivity contribution in [3.63, 3.8) is 0 Å². The SMILES string of the molecule is [2H]C(CO)(C(=O)OC1CC2CC[C@H](C1)N2C)c1ccccc1. The molecule has 0 aromatic heterocycles. The maximum atomic E-state index is 12.5. The van der Waals surface area contributed by atoms with E-state index >= 15 is 0 Å². The zero-order valence-corrected chi connectivity index (χ0v) is 12.4. The quantitative estimate of drug-likeness (QED) is 0.861. The zero-order chi connectivity index (χ0) is 15.7. The van der Waals surface area contributed by atoms with Crippen molar-refractivity contribution in [2.24, 2.45) is 0 Å². The van der Waals surface area contributed by atoms with Gasteiger partial charge >= 0.3 is 5.97 Å². The van der Waals surface area contributed by atoms with Gasteiger partial charge in [0.25, 0.3) is 0 Å². The molecule has 4 atom stereocenters. The Bertz CT molecular complexity index is 524. The number of carbonyl (C=O) groups is 1. The lowest BCUT2D eigenvalue weighted by atomic mass is 9.98. The van der Waals surface area contributed by atoms with Crippen LogP contribution >= 0.6 is 0 Å². The molecule has 0 amide bonds. The molecule has 1 aromatic rings. The van der Waals surface area contributed by atoms with E-state index < -0.39 is 18.5 Å². The number of rotatable bonds is 4. The van der Waals surface area contributed by atoms with Crippen molar-refractivity contribution in [3.8, 4) is 0 Å². The summed E-state index contributed by atoms with van der Waals surface area (Å²) < 4.78 is 14.0. The van der Waals surface area contributed by atoms with Crippen LogP contribution in [0, 0.1) is 0 Å². The Labute approximate surface area is 127 Å². The molecule has 2 aliphatic rings. The number of benzene rings is 1. The topological polar surface area (TPSA) is 49.8 Å². The molecule has 21 heavy (non-hydrogen) atoms. The third kappa shape index (κ3) is 2.97. The van der Waals surface area contributed by atoms with Crippen LogP contribution in [0.2, 0.25) is 0 Å². The number of fused-ring (bicyclic) bond motifs is 2. The van der Waals surface area contributed by atoms with Crippen molar-refractivity contribution in [2.75, 3.05) is 13.7 Å². The number of nitrogens with zero attached hydrogens (tertiary/aromatic N) is 1. The molecular weight excluding hydrogens is 266 g/mol. The van der Waals surface area contributed by atoms with Gasteiger partial charge in [-0.25, -0.2) is 0 Å². The van der Waals surface area contributed by atoms with Crippen molar-refractivity contribution >= 4 is 5.97 Å². The minimum atomic E-state index is -1.73. The van der Waals surface area contributed by atoms with Crippen molar-refractivity contribution in [1.82, 2.24) is 4.90 Å². The molecule has 0 spiro atoms. The molecule has 1 aromatic carbocycles. The van der Waals surface area contributed by atoms with E-state index in [1.807, 2.05) is 6.07 Å². The van der Waals surface area contributed by atoms with Gasteiger partial charge in [0.15, 0.2) is 0 Å². The Kier molecular flexibility index (Phi) is 3.90. The summed E-state index contributed by atoms with van der Waals surface area (Å²) in [6.07, 6.45) is 3.82. The first-order valence-electron chi connectivity index (χ1n) is 8.14. The first kappa shape index (κ1) is 13.3. The molecule has 0 saturated carbocycles. The monoisotopic (exact) mass is 290 g/mol. The van der Waals surface area contributed by atoms with Crippen molar-refractivity contribution in [2.45, 2.75) is 49.8 Å². The van der Waals surface area contributed by atoms with E-state index in [0.29, 0.717) is 17.6 Å². The van der Waals surface area contributed by atoms with Crippen molar-refractivity contribution < 1.29 is 16.0 Å². The van der Waals surface area contributed by atoms with Crippen LogP contribution in [0.1, 0.15) is 38.5 Å². The van der Waals surface area contributed by atoms with Crippen LogP contribution in [0.5, 0.6) is 0 Å². The highest BCUT2D eigenvalue weighted by Crippen LogP contribution is 2.36. The maximum Gasteiger partial charge on any atom is 0.316 e. The first-order valence-corrected chi connectivity index (χ1v) is 7.64. The van der Waals surface area contributed by atoms with Gasteiger partial charge in [-0.05, 0) is 38.3 Å². The Hall–Kier alpha value is -1.39. The van der Waals surface area contributed by atoms with Gasteiger partial charge in [-0.3, -0.25) is 4.79 Å². The number of piperidine rings is 1. The summed E-state index contributed by atoms with van der Waals surface area (Å²) in [6, 6.07) is 9.66. The van der Waals surface area contributed by atoms with Crippen molar-refractivity contribution in [1.29, 1.82) is 0 Å². The molecule has 114 valence electrons. The lowest BCUT2D eigenvalue weighted by molar-refractivity contribution is -0.155. The Balaban J connectivity index is 1.71. The second kappa shape index (κ2) is 6.16. The first-order chi connectivity index (χ1) is 10.5. The standard InChI is InChI=1S/C17H23NO3/c1-18-13-7-8-14(18)10-15(9-13)21-17(20)16(11-19)12-5-3-2-4-6-12/h2-6,13-16,19H,7-11H2,1H3/t13-,14?,15?,16?/m1/s1/i16D. The van der Waals surface area contributed by atoms with Gasteiger partial charge in [0.05, 0.1) is 6.61 Å². The average molecular weight is 290 g/mol. The van der Waals surface area contributed by atoms with Gasteiger partial charge in [0.2, 0.25) is 0 Å². The van der Waals surface area contributed by atoms with Crippen LogP contribution in [-0.4, -0.2) is 47.8 Å².